The summed E-state index contributed by atoms with van der Waals surface area (Å²) in [5, 5.41) is 17.1. The quantitative estimate of drug-likeness (QED) is 0.497. The number of primary amides is 1. The van der Waals surface area contributed by atoms with E-state index in [2.05, 4.69) is 15.5 Å². The van der Waals surface area contributed by atoms with E-state index in [1.165, 1.54) is 12.4 Å². The maximum atomic E-state index is 11.5. The molecule has 1 heterocycles. The van der Waals surface area contributed by atoms with Crippen molar-refractivity contribution in [2.75, 3.05) is 0 Å². The number of amides is 2. The molecule has 17 heavy (non-hydrogen) atoms. The Morgan fingerprint density at radius 1 is 1.53 bits per heavy atom. The first-order chi connectivity index (χ1) is 8.00. The molecular weight excluding hydrogens is 228 g/mol. The van der Waals surface area contributed by atoms with E-state index in [-0.39, 0.29) is 18.4 Å². The molecule has 0 aliphatic heterocycles. The monoisotopic (exact) mass is 240 g/mol. The normalized spacial score (nSPS) is 11.8. The summed E-state index contributed by atoms with van der Waals surface area (Å²) >= 11 is 0. The predicted octanol–water partition coefficient (Wildman–Crippen LogP) is -1.14. The van der Waals surface area contributed by atoms with Gasteiger partial charge in [0.05, 0.1) is 11.8 Å². The molecule has 0 bridgehead atoms. The van der Waals surface area contributed by atoms with Crippen LogP contribution in [-0.4, -0.2) is 39.1 Å². The van der Waals surface area contributed by atoms with Crippen LogP contribution in [0.5, 0.6) is 0 Å². The van der Waals surface area contributed by atoms with Crippen LogP contribution in [0.4, 0.5) is 0 Å². The molecule has 1 aromatic rings. The van der Waals surface area contributed by atoms with E-state index in [0.29, 0.717) is 0 Å². The van der Waals surface area contributed by atoms with E-state index < -0.39 is 23.8 Å². The first-order valence-corrected chi connectivity index (χ1v) is 4.81. The second-order valence-electron chi connectivity index (χ2n) is 3.36. The van der Waals surface area contributed by atoms with Gasteiger partial charge in [-0.3, -0.25) is 14.7 Å². The third kappa shape index (κ3) is 3.93. The number of aromatic amines is 1. The molecule has 0 spiro atoms. The SMILES string of the molecule is NC(=O)CC[C@@H](NC(=O)c1cn[nH]c1)C(=O)O. The van der Waals surface area contributed by atoms with Crippen LogP contribution >= 0.6 is 0 Å². The molecule has 0 aromatic carbocycles. The van der Waals surface area contributed by atoms with Crippen LogP contribution in [0.1, 0.15) is 23.2 Å². The molecule has 0 saturated heterocycles. The van der Waals surface area contributed by atoms with Gasteiger partial charge in [0.1, 0.15) is 6.04 Å². The molecule has 1 aromatic heterocycles. The lowest BCUT2D eigenvalue weighted by molar-refractivity contribution is -0.139. The Kier molecular flexibility index (Phi) is 4.21. The average molecular weight is 240 g/mol. The Balaban J connectivity index is 2.58. The van der Waals surface area contributed by atoms with Crippen LogP contribution in [0.2, 0.25) is 0 Å². The van der Waals surface area contributed by atoms with Crippen LogP contribution in [-0.2, 0) is 9.59 Å². The number of hydrogen-bond donors (Lipinski definition) is 4. The minimum absolute atomic E-state index is 0.0474. The standard InChI is InChI=1S/C9H12N4O4/c10-7(14)2-1-6(9(16)17)13-8(15)5-3-11-12-4-5/h3-4,6H,1-2H2,(H2,10,14)(H,11,12)(H,13,15)(H,16,17)/t6-/m1/s1. The molecule has 5 N–H and O–H groups in total. The number of hydrogen-bond acceptors (Lipinski definition) is 4. The molecule has 0 unspecified atom stereocenters. The number of rotatable bonds is 6. The maximum Gasteiger partial charge on any atom is 0.326 e. The minimum Gasteiger partial charge on any atom is -0.480 e. The second-order valence-corrected chi connectivity index (χ2v) is 3.36. The summed E-state index contributed by atoms with van der Waals surface area (Å²) in [6.45, 7) is 0. The highest BCUT2D eigenvalue weighted by Crippen LogP contribution is 2.00. The van der Waals surface area contributed by atoms with E-state index >= 15 is 0 Å². The van der Waals surface area contributed by atoms with Gasteiger partial charge in [-0.05, 0) is 6.42 Å². The lowest BCUT2D eigenvalue weighted by Crippen LogP contribution is -2.41. The molecule has 1 atom stereocenters. The van der Waals surface area contributed by atoms with Gasteiger partial charge in [0.15, 0.2) is 0 Å². The average Bonchev–Trinajstić information content (AvgIpc) is 2.76. The number of nitrogens with one attached hydrogen (secondary N) is 2. The summed E-state index contributed by atoms with van der Waals surface area (Å²) in [6.07, 6.45) is 2.45. The van der Waals surface area contributed by atoms with Crippen molar-refractivity contribution in [2.24, 2.45) is 5.73 Å². The Bertz CT molecular complexity index is 415. The number of nitrogens with zero attached hydrogens (tertiary/aromatic N) is 1. The zero-order chi connectivity index (χ0) is 12.8. The third-order valence-electron chi connectivity index (χ3n) is 2.04. The highest BCUT2D eigenvalue weighted by atomic mass is 16.4. The van der Waals surface area contributed by atoms with Crippen LogP contribution < -0.4 is 11.1 Å². The fourth-order valence-corrected chi connectivity index (χ4v) is 1.16. The van der Waals surface area contributed by atoms with Crippen molar-refractivity contribution in [1.29, 1.82) is 0 Å². The Morgan fingerprint density at radius 3 is 2.71 bits per heavy atom. The summed E-state index contributed by atoms with van der Waals surface area (Å²) < 4.78 is 0. The molecule has 92 valence electrons. The summed E-state index contributed by atoms with van der Waals surface area (Å²) in [5.41, 5.74) is 5.12. The molecule has 0 saturated carbocycles. The fourth-order valence-electron chi connectivity index (χ4n) is 1.16. The van der Waals surface area contributed by atoms with Crippen LogP contribution in [0.3, 0.4) is 0 Å². The van der Waals surface area contributed by atoms with E-state index in [1.54, 1.807) is 0 Å². The Morgan fingerprint density at radius 2 is 2.24 bits per heavy atom. The van der Waals surface area contributed by atoms with Crippen molar-refractivity contribution in [2.45, 2.75) is 18.9 Å². The summed E-state index contributed by atoms with van der Waals surface area (Å²) in [6, 6.07) is -1.15. The summed E-state index contributed by atoms with van der Waals surface area (Å²) in [4.78, 5) is 32.9. The number of aromatic nitrogens is 2. The zero-order valence-corrected chi connectivity index (χ0v) is 8.84. The van der Waals surface area contributed by atoms with E-state index in [0.717, 1.165) is 0 Å². The van der Waals surface area contributed by atoms with Crippen molar-refractivity contribution in [1.82, 2.24) is 15.5 Å². The zero-order valence-electron chi connectivity index (χ0n) is 8.84. The molecule has 0 aliphatic rings. The Hall–Kier alpha value is -2.38. The number of carboxylic acid groups (broad SMARTS) is 1. The molecule has 2 amide bonds. The molecular formula is C9H12N4O4. The number of aliphatic carboxylic acids is 1. The number of H-pyrrole nitrogens is 1. The summed E-state index contributed by atoms with van der Waals surface area (Å²) in [7, 11) is 0. The van der Waals surface area contributed by atoms with Gasteiger partial charge in [-0.15, -0.1) is 0 Å². The molecule has 8 heteroatoms. The van der Waals surface area contributed by atoms with Gasteiger partial charge in [0, 0.05) is 12.6 Å². The van der Waals surface area contributed by atoms with E-state index in [4.69, 9.17) is 10.8 Å². The summed E-state index contributed by atoms with van der Waals surface area (Å²) in [5.74, 6) is -2.41. The number of carboxylic acids is 1. The first-order valence-electron chi connectivity index (χ1n) is 4.81. The van der Waals surface area contributed by atoms with Crippen molar-refractivity contribution in [3.63, 3.8) is 0 Å². The fraction of sp³-hybridized carbons (Fsp3) is 0.333. The van der Waals surface area contributed by atoms with Gasteiger partial charge in [-0.1, -0.05) is 0 Å². The van der Waals surface area contributed by atoms with Crippen LogP contribution in [0.15, 0.2) is 12.4 Å². The third-order valence-corrected chi connectivity index (χ3v) is 2.04. The van der Waals surface area contributed by atoms with Crippen LogP contribution in [0.25, 0.3) is 0 Å². The molecule has 0 radical (unpaired) electrons. The van der Waals surface area contributed by atoms with Gasteiger partial charge >= 0.3 is 5.97 Å². The maximum absolute atomic E-state index is 11.5. The van der Waals surface area contributed by atoms with Crippen molar-refractivity contribution in [3.05, 3.63) is 18.0 Å². The van der Waals surface area contributed by atoms with Gasteiger partial charge in [0.25, 0.3) is 5.91 Å². The molecule has 1 rings (SSSR count). The molecule has 0 aliphatic carbocycles. The predicted molar refractivity (Wildman–Crippen MR) is 55.9 cm³/mol. The van der Waals surface area contributed by atoms with E-state index in [9.17, 15) is 14.4 Å². The van der Waals surface area contributed by atoms with Crippen molar-refractivity contribution in [3.8, 4) is 0 Å². The molecule has 0 fully saturated rings. The van der Waals surface area contributed by atoms with Gasteiger partial charge in [0.2, 0.25) is 5.91 Å². The lowest BCUT2D eigenvalue weighted by atomic mass is 10.1. The largest absolute Gasteiger partial charge is 0.480 e. The highest BCUT2D eigenvalue weighted by Gasteiger charge is 2.21. The molecule has 8 nitrogen and oxygen atoms in total. The topological polar surface area (TPSA) is 138 Å². The second kappa shape index (κ2) is 5.64. The van der Waals surface area contributed by atoms with Gasteiger partial charge in [-0.2, -0.15) is 5.10 Å². The van der Waals surface area contributed by atoms with E-state index in [1.807, 2.05) is 0 Å². The Labute approximate surface area is 96.2 Å². The smallest absolute Gasteiger partial charge is 0.326 e. The van der Waals surface area contributed by atoms with Crippen molar-refractivity contribution < 1.29 is 19.5 Å². The first kappa shape index (κ1) is 12.7. The van der Waals surface area contributed by atoms with Crippen molar-refractivity contribution >= 4 is 17.8 Å². The van der Waals surface area contributed by atoms with Crippen LogP contribution in [0, 0.1) is 0 Å². The minimum atomic E-state index is -1.22. The van der Waals surface area contributed by atoms with Gasteiger partial charge < -0.3 is 16.2 Å². The lowest BCUT2D eigenvalue weighted by Gasteiger charge is -2.12. The number of carbonyl (C=O) groups is 3. The van der Waals surface area contributed by atoms with Gasteiger partial charge in [-0.25, -0.2) is 4.79 Å². The number of carbonyl (C=O) groups excluding carboxylic acids is 2. The number of nitrogens with two attached hydrogens (primary N) is 1. The highest BCUT2D eigenvalue weighted by molar-refractivity contribution is 5.96.